The van der Waals surface area contributed by atoms with E-state index in [1.54, 1.807) is 12.1 Å². The molecule has 1 aromatic carbocycles. The molecule has 0 saturated carbocycles. The van der Waals surface area contributed by atoms with Gasteiger partial charge in [0.05, 0.1) is 12.7 Å². The number of rotatable bonds is 5. The van der Waals surface area contributed by atoms with Gasteiger partial charge in [0.1, 0.15) is 5.75 Å². The molecule has 0 spiro atoms. The van der Waals surface area contributed by atoms with E-state index in [1.165, 1.54) is 13.2 Å². The molecule has 0 fully saturated rings. The first-order chi connectivity index (χ1) is 8.10. The van der Waals surface area contributed by atoms with Crippen LogP contribution < -0.4 is 10.1 Å². The van der Waals surface area contributed by atoms with Crippen LogP contribution in [0.3, 0.4) is 0 Å². The number of ether oxygens (including phenoxy) is 1. The van der Waals surface area contributed by atoms with Crippen LogP contribution >= 0.6 is 0 Å². The maximum atomic E-state index is 11.9. The summed E-state index contributed by atoms with van der Waals surface area (Å²) in [6, 6.07) is 5.12. The van der Waals surface area contributed by atoms with Crippen molar-refractivity contribution in [2.75, 3.05) is 13.7 Å². The smallest absolute Gasteiger partial charge is 0.292 e. The summed E-state index contributed by atoms with van der Waals surface area (Å²) < 4.78 is 5.06. The Kier molecular flexibility index (Phi) is 4.46. The van der Waals surface area contributed by atoms with E-state index in [2.05, 4.69) is 11.9 Å². The minimum absolute atomic E-state index is 0.263. The summed E-state index contributed by atoms with van der Waals surface area (Å²) in [5, 5.41) is 2.44. The lowest BCUT2D eigenvalue weighted by Gasteiger charge is -2.08. The van der Waals surface area contributed by atoms with Crippen LogP contribution in [0.15, 0.2) is 30.9 Å². The second-order valence-electron chi connectivity index (χ2n) is 3.53. The van der Waals surface area contributed by atoms with Crippen molar-refractivity contribution in [3.05, 3.63) is 42.0 Å². The SMILES string of the molecule is C=CCNC(=O)C(=O)c1cc(C)ccc1OC. The number of ketones is 1. The molecule has 0 atom stereocenters. The summed E-state index contributed by atoms with van der Waals surface area (Å²) in [6.45, 7) is 5.57. The first-order valence-corrected chi connectivity index (χ1v) is 5.18. The van der Waals surface area contributed by atoms with E-state index in [-0.39, 0.29) is 12.1 Å². The Balaban J connectivity index is 2.98. The number of carbonyl (C=O) groups excluding carboxylic acids is 2. The molecular formula is C13H15NO3. The lowest BCUT2D eigenvalue weighted by molar-refractivity contribution is -0.116. The number of hydrogen-bond acceptors (Lipinski definition) is 3. The fourth-order valence-electron chi connectivity index (χ4n) is 1.37. The molecule has 0 aromatic heterocycles. The van der Waals surface area contributed by atoms with E-state index in [9.17, 15) is 9.59 Å². The minimum Gasteiger partial charge on any atom is -0.496 e. The topological polar surface area (TPSA) is 55.4 Å². The van der Waals surface area contributed by atoms with Crippen LogP contribution in [0.1, 0.15) is 15.9 Å². The van der Waals surface area contributed by atoms with Crippen LogP contribution in [0, 0.1) is 6.92 Å². The first-order valence-electron chi connectivity index (χ1n) is 5.18. The van der Waals surface area contributed by atoms with Crippen LogP contribution in [0.5, 0.6) is 5.75 Å². The van der Waals surface area contributed by atoms with Gasteiger partial charge >= 0.3 is 0 Å². The normalized spacial score (nSPS) is 9.53. The standard InChI is InChI=1S/C13H15NO3/c1-4-7-14-13(16)12(15)10-8-9(2)5-6-11(10)17-3/h4-6,8H,1,7H2,2-3H3,(H,14,16). The zero-order chi connectivity index (χ0) is 12.8. The Labute approximate surface area is 100 Å². The van der Waals surface area contributed by atoms with E-state index in [0.29, 0.717) is 5.75 Å². The van der Waals surface area contributed by atoms with Gasteiger partial charge in [0.25, 0.3) is 11.7 Å². The summed E-state index contributed by atoms with van der Waals surface area (Å²) in [6.07, 6.45) is 1.51. The zero-order valence-corrected chi connectivity index (χ0v) is 9.95. The largest absolute Gasteiger partial charge is 0.496 e. The van der Waals surface area contributed by atoms with Crippen molar-refractivity contribution in [2.45, 2.75) is 6.92 Å². The van der Waals surface area contributed by atoms with Crippen LogP contribution in [-0.2, 0) is 4.79 Å². The van der Waals surface area contributed by atoms with Crippen molar-refractivity contribution in [3.8, 4) is 5.75 Å². The lowest BCUT2D eigenvalue weighted by atomic mass is 10.1. The maximum Gasteiger partial charge on any atom is 0.292 e. The Bertz CT molecular complexity index is 452. The van der Waals surface area contributed by atoms with Gasteiger partial charge in [-0.2, -0.15) is 0 Å². The number of Topliss-reactive ketones (excluding diaryl/α,β-unsaturated/α-hetero) is 1. The highest BCUT2D eigenvalue weighted by atomic mass is 16.5. The molecule has 90 valence electrons. The highest BCUT2D eigenvalue weighted by Gasteiger charge is 2.19. The minimum atomic E-state index is -0.659. The average molecular weight is 233 g/mol. The van der Waals surface area contributed by atoms with Crippen molar-refractivity contribution >= 4 is 11.7 Å². The monoisotopic (exact) mass is 233 g/mol. The number of nitrogens with one attached hydrogen (secondary N) is 1. The maximum absolute atomic E-state index is 11.9. The molecule has 0 heterocycles. The van der Waals surface area contributed by atoms with Crippen LogP contribution in [0.25, 0.3) is 0 Å². The summed E-state index contributed by atoms with van der Waals surface area (Å²) >= 11 is 0. The molecule has 1 amide bonds. The number of benzene rings is 1. The summed E-state index contributed by atoms with van der Waals surface area (Å²) in [4.78, 5) is 23.4. The van der Waals surface area contributed by atoms with Crippen LogP contribution in [0.4, 0.5) is 0 Å². The Hall–Kier alpha value is -2.10. The Morgan fingerprint density at radius 1 is 1.47 bits per heavy atom. The molecule has 0 aliphatic heterocycles. The molecule has 0 radical (unpaired) electrons. The Morgan fingerprint density at radius 3 is 2.76 bits per heavy atom. The highest BCUT2D eigenvalue weighted by Crippen LogP contribution is 2.20. The molecule has 0 unspecified atom stereocenters. The number of methoxy groups -OCH3 is 1. The van der Waals surface area contributed by atoms with Gasteiger partial charge in [0.15, 0.2) is 0 Å². The number of carbonyl (C=O) groups is 2. The molecule has 1 N–H and O–H groups in total. The molecule has 0 aliphatic rings. The predicted molar refractivity (Wildman–Crippen MR) is 65.3 cm³/mol. The summed E-state index contributed by atoms with van der Waals surface area (Å²) in [5.74, 6) is -0.865. The zero-order valence-electron chi connectivity index (χ0n) is 9.95. The van der Waals surface area contributed by atoms with Crippen LogP contribution in [0.2, 0.25) is 0 Å². The van der Waals surface area contributed by atoms with E-state index in [0.717, 1.165) is 5.56 Å². The molecule has 1 rings (SSSR count). The van der Waals surface area contributed by atoms with Crippen molar-refractivity contribution in [2.24, 2.45) is 0 Å². The molecule has 4 nitrogen and oxygen atoms in total. The fraction of sp³-hybridized carbons (Fsp3) is 0.231. The van der Waals surface area contributed by atoms with Gasteiger partial charge < -0.3 is 10.1 Å². The van der Waals surface area contributed by atoms with Gasteiger partial charge in [0, 0.05) is 6.54 Å². The predicted octanol–water partition coefficient (Wildman–Crippen LogP) is 1.49. The second kappa shape index (κ2) is 5.84. The summed E-state index contributed by atoms with van der Waals surface area (Å²) in [7, 11) is 1.46. The molecule has 0 saturated heterocycles. The van der Waals surface area contributed by atoms with Crippen LogP contribution in [-0.4, -0.2) is 25.3 Å². The number of hydrogen-bond donors (Lipinski definition) is 1. The van der Waals surface area contributed by atoms with Gasteiger partial charge in [-0.1, -0.05) is 17.7 Å². The number of aryl methyl sites for hydroxylation is 1. The second-order valence-corrected chi connectivity index (χ2v) is 3.53. The molecule has 17 heavy (non-hydrogen) atoms. The molecular weight excluding hydrogens is 218 g/mol. The third-order valence-electron chi connectivity index (χ3n) is 2.21. The van der Waals surface area contributed by atoms with E-state index < -0.39 is 11.7 Å². The molecule has 0 bridgehead atoms. The van der Waals surface area contributed by atoms with E-state index in [1.807, 2.05) is 13.0 Å². The molecule has 1 aromatic rings. The molecule has 4 heteroatoms. The quantitative estimate of drug-likeness (QED) is 0.476. The first kappa shape index (κ1) is 13.0. The lowest BCUT2D eigenvalue weighted by Crippen LogP contribution is -2.31. The van der Waals surface area contributed by atoms with Crippen molar-refractivity contribution in [1.29, 1.82) is 0 Å². The fourth-order valence-corrected chi connectivity index (χ4v) is 1.37. The van der Waals surface area contributed by atoms with Gasteiger partial charge in [-0.25, -0.2) is 0 Å². The van der Waals surface area contributed by atoms with Crippen molar-refractivity contribution in [3.63, 3.8) is 0 Å². The van der Waals surface area contributed by atoms with Gasteiger partial charge in [0.2, 0.25) is 0 Å². The van der Waals surface area contributed by atoms with E-state index in [4.69, 9.17) is 4.74 Å². The van der Waals surface area contributed by atoms with Gasteiger partial charge in [-0.05, 0) is 19.1 Å². The highest BCUT2D eigenvalue weighted by molar-refractivity contribution is 6.43. The third-order valence-corrected chi connectivity index (χ3v) is 2.21. The van der Waals surface area contributed by atoms with Crippen molar-refractivity contribution in [1.82, 2.24) is 5.32 Å². The average Bonchev–Trinajstić information content (AvgIpc) is 2.34. The Morgan fingerprint density at radius 2 is 2.18 bits per heavy atom. The summed E-state index contributed by atoms with van der Waals surface area (Å²) in [5.41, 5.74) is 1.17. The van der Waals surface area contributed by atoms with Gasteiger partial charge in [-0.15, -0.1) is 6.58 Å². The third kappa shape index (κ3) is 3.17. The van der Waals surface area contributed by atoms with Gasteiger partial charge in [-0.3, -0.25) is 9.59 Å². The van der Waals surface area contributed by atoms with E-state index >= 15 is 0 Å². The number of amides is 1. The van der Waals surface area contributed by atoms with Crippen molar-refractivity contribution < 1.29 is 14.3 Å². The molecule has 0 aliphatic carbocycles.